The van der Waals surface area contributed by atoms with Gasteiger partial charge in [0.15, 0.2) is 0 Å². The lowest BCUT2D eigenvalue weighted by Crippen LogP contribution is -2.39. The highest BCUT2D eigenvalue weighted by Crippen LogP contribution is 2.22. The average molecular weight is 282 g/mol. The van der Waals surface area contributed by atoms with Crippen LogP contribution in [0.1, 0.15) is 24.3 Å². The maximum absolute atomic E-state index is 12.6. The van der Waals surface area contributed by atoms with Crippen LogP contribution in [-0.2, 0) is 0 Å². The summed E-state index contributed by atoms with van der Waals surface area (Å²) in [4.78, 5) is 18.5. The molecule has 1 aliphatic heterocycles. The SMILES string of the molecule is CC(C)[C@@H]1C=CCN1C(=O)c1cc(-c2ccncc2)n[nH]1. The number of nitrogens with one attached hydrogen (secondary N) is 1. The first-order valence-corrected chi connectivity index (χ1v) is 7.10. The number of H-pyrrole nitrogens is 1. The van der Waals surface area contributed by atoms with E-state index in [-0.39, 0.29) is 11.9 Å². The predicted octanol–water partition coefficient (Wildman–Crippen LogP) is 2.51. The number of nitrogens with zero attached hydrogens (tertiary/aromatic N) is 3. The summed E-state index contributed by atoms with van der Waals surface area (Å²) in [7, 11) is 0. The minimum atomic E-state index is -0.00786. The van der Waals surface area contributed by atoms with Crippen LogP contribution >= 0.6 is 0 Å². The monoisotopic (exact) mass is 282 g/mol. The zero-order valence-electron chi connectivity index (χ0n) is 12.2. The number of aromatic nitrogens is 3. The summed E-state index contributed by atoms with van der Waals surface area (Å²) in [5, 5.41) is 7.08. The van der Waals surface area contributed by atoms with Crippen LogP contribution in [-0.4, -0.2) is 38.6 Å². The second kappa shape index (κ2) is 5.52. The molecule has 0 fully saturated rings. The van der Waals surface area contributed by atoms with Gasteiger partial charge >= 0.3 is 0 Å². The van der Waals surface area contributed by atoms with Crippen LogP contribution in [0, 0.1) is 5.92 Å². The summed E-state index contributed by atoms with van der Waals surface area (Å²) in [6.07, 6.45) is 7.57. The van der Waals surface area contributed by atoms with Gasteiger partial charge in [0.2, 0.25) is 0 Å². The fourth-order valence-corrected chi connectivity index (χ4v) is 2.60. The fourth-order valence-electron chi connectivity index (χ4n) is 2.60. The third-order valence-electron chi connectivity index (χ3n) is 3.72. The Morgan fingerprint density at radius 3 is 2.86 bits per heavy atom. The van der Waals surface area contributed by atoms with E-state index in [1.54, 1.807) is 18.5 Å². The quantitative estimate of drug-likeness (QED) is 0.880. The van der Waals surface area contributed by atoms with Gasteiger partial charge < -0.3 is 4.90 Å². The zero-order valence-corrected chi connectivity index (χ0v) is 12.2. The summed E-state index contributed by atoms with van der Waals surface area (Å²) < 4.78 is 0. The number of carbonyl (C=O) groups excluding carboxylic acids is 1. The van der Waals surface area contributed by atoms with E-state index in [0.717, 1.165) is 11.3 Å². The van der Waals surface area contributed by atoms with E-state index in [1.807, 2.05) is 23.1 Å². The van der Waals surface area contributed by atoms with Gasteiger partial charge in [-0.1, -0.05) is 26.0 Å². The molecule has 0 bridgehead atoms. The molecule has 1 aliphatic rings. The van der Waals surface area contributed by atoms with E-state index in [0.29, 0.717) is 18.2 Å². The maximum atomic E-state index is 12.6. The summed E-state index contributed by atoms with van der Waals surface area (Å²) in [5.41, 5.74) is 2.23. The third kappa shape index (κ3) is 2.59. The molecule has 1 amide bonds. The van der Waals surface area contributed by atoms with Crippen molar-refractivity contribution in [3.63, 3.8) is 0 Å². The number of hydrogen-bond donors (Lipinski definition) is 1. The normalized spacial score (nSPS) is 17.7. The Morgan fingerprint density at radius 1 is 1.38 bits per heavy atom. The average Bonchev–Trinajstić information content (AvgIpc) is 3.17. The molecule has 2 aromatic heterocycles. The molecule has 1 atom stereocenters. The molecule has 21 heavy (non-hydrogen) atoms. The summed E-state index contributed by atoms with van der Waals surface area (Å²) in [5.74, 6) is 0.391. The van der Waals surface area contributed by atoms with E-state index in [2.05, 4.69) is 35.1 Å². The van der Waals surface area contributed by atoms with Crippen molar-refractivity contribution in [3.05, 3.63) is 48.4 Å². The molecule has 5 heteroatoms. The summed E-state index contributed by atoms with van der Waals surface area (Å²) in [6.45, 7) is 4.90. The van der Waals surface area contributed by atoms with Gasteiger partial charge in [-0.15, -0.1) is 0 Å². The standard InChI is InChI=1S/C16H18N4O/c1-11(2)15-4-3-9-20(15)16(21)14-10-13(18-19-14)12-5-7-17-8-6-12/h3-8,10-11,15H,9H2,1-2H3,(H,18,19)/t15-/m0/s1. The number of amides is 1. The fraction of sp³-hybridized carbons (Fsp3) is 0.312. The molecule has 0 aliphatic carbocycles. The van der Waals surface area contributed by atoms with E-state index < -0.39 is 0 Å². The van der Waals surface area contributed by atoms with Gasteiger partial charge in [0.05, 0.1) is 11.7 Å². The predicted molar refractivity (Wildman–Crippen MR) is 80.6 cm³/mol. The van der Waals surface area contributed by atoms with Crippen molar-refractivity contribution in [1.82, 2.24) is 20.1 Å². The van der Waals surface area contributed by atoms with Gasteiger partial charge in [-0.05, 0) is 24.1 Å². The molecule has 3 rings (SSSR count). The highest BCUT2D eigenvalue weighted by atomic mass is 16.2. The van der Waals surface area contributed by atoms with Crippen molar-refractivity contribution in [2.24, 2.45) is 5.92 Å². The van der Waals surface area contributed by atoms with Gasteiger partial charge in [0.25, 0.3) is 5.91 Å². The lowest BCUT2D eigenvalue weighted by molar-refractivity contribution is 0.0714. The van der Waals surface area contributed by atoms with Crippen molar-refractivity contribution in [2.45, 2.75) is 19.9 Å². The molecular weight excluding hydrogens is 264 g/mol. The Hall–Kier alpha value is -2.43. The Kier molecular flexibility index (Phi) is 3.56. The highest BCUT2D eigenvalue weighted by Gasteiger charge is 2.28. The molecule has 5 nitrogen and oxygen atoms in total. The molecular formula is C16H18N4O. The van der Waals surface area contributed by atoms with Crippen molar-refractivity contribution in [3.8, 4) is 11.3 Å². The topological polar surface area (TPSA) is 61.9 Å². The molecule has 0 saturated heterocycles. The number of hydrogen-bond acceptors (Lipinski definition) is 3. The van der Waals surface area contributed by atoms with Gasteiger partial charge in [0, 0.05) is 24.5 Å². The van der Waals surface area contributed by atoms with Gasteiger partial charge in [-0.25, -0.2) is 0 Å². The smallest absolute Gasteiger partial charge is 0.272 e. The van der Waals surface area contributed by atoms with E-state index >= 15 is 0 Å². The van der Waals surface area contributed by atoms with Crippen LogP contribution in [0.4, 0.5) is 0 Å². The Morgan fingerprint density at radius 2 is 2.14 bits per heavy atom. The molecule has 0 unspecified atom stereocenters. The lowest BCUT2D eigenvalue weighted by atomic mass is 10.0. The van der Waals surface area contributed by atoms with Crippen LogP contribution in [0.2, 0.25) is 0 Å². The number of pyridine rings is 1. The molecule has 0 radical (unpaired) electrons. The number of rotatable bonds is 3. The van der Waals surface area contributed by atoms with Crippen LogP contribution in [0.15, 0.2) is 42.7 Å². The highest BCUT2D eigenvalue weighted by molar-refractivity contribution is 5.94. The molecule has 3 heterocycles. The van der Waals surface area contributed by atoms with Gasteiger partial charge in [-0.3, -0.25) is 14.9 Å². The first-order chi connectivity index (χ1) is 10.2. The minimum Gasteiger partial charge on any atom is -0.327 e. The summed E-state index contributed by atoms with van der Waals surface area (Å²) in [6, 6.07) is 5.70. The third-order valence-corrected chi connectivity index (χ3v) is 3.72. The molecule has 108 valence electrons. The van der Waals surface area contributed by atoms with Crippen molar-refractivity contribution in [2.75, 3.05) is 6.54 Å². The first kappa shape index (κ1) is 13.5. The molecule has 0 aromatic carbocycles. The van der Waals surface area contributed by atoms with Crippen molar-refractivity contribution < 1.29 is 4.79 Å². The van der Waals surface area contributed by atoms with Crippen LogP contribution in [0.5, 0.6) is 0 Å². The first-order valence-electron chi connectivity index (χ1n) is 7.10. The van der Waals surface area contributed by atoms with E-state index in [4.69, 9.17) is 0 Å². The Labute approximate surface area is 123 Å². The van der Waals surface area contributed by atoms with Gasteiger partial charge in [-0.2, -0.15) is 5.10 Å². The largest absolute Gasteiger partial charge is 0.327 e. The van der Waals surface area contributed by atoms with Crippen LogP contribution in [0.3, 0.4) is 0 Å². The molecule has 0 saturated carbocycles. The Balaban J connectivity index is 1.82. The minimum absolute atomic E-state index is 0.00786. The Bertz CT molecular complexity index is 660. The zero-order chi connectivity index (χ0) is 14.8. The number of aromatic amines is 1. The van der Waals surface area contributed by atoms with Crippen molar-refractivity contribution in [1.29, 1.82) is 0 Å². The second-order valence-electron chi connectivity index (χ2n) is 5.52. The van der Waals surface area contributed by atoms with Crippen molar-refractivity contribution >= 4 is 5.91 Å². The molecule has 0 spiro atoms. The van der Waals surface area contributed by atoms with Crippen LogP contribution < -0.4 is 0 Å². The molecule has 1 N–H and O–H groups in total. The van der Waals surface area contributed by atoms with Crippen LogP contribution in [0.25, 0.3) is 11.3 Å². The number of carbonyl (C=O) groups is 1. The second-order valence-corrected chi connectivity index (χ2v) is 5.52. The molecule has 2 aromatic rings. The summed E-state index contributed by atoms with van der Waals surface area (Å²) >= 11 is 0. The maximum Gasteiger partial charge on any atom is 0.272 e. The lowest BCUT2D eigenvalue weighted by Gasteiger charge is -2.26. The van der Waals surface area contributed by atoms with Gasteiger partial charge in [0.1, 0.15) is 5.69 Å². The van der Waals surface area contributed by atoms with E-state index in [1.165, 1.54) is 0 Å². The van der Waals surface area contributed by atoms with E-state index in [9.17, 15) is 4.79 Å².